The molecule has 7 heteroatoms. The summed E-state index contributed by atoms with van der Waals surface area (Å²) in [6.45, 7) is 9.68. The van der Waals surface area contributed by atoms with Crippen molar-refractivity contribution >= 4 is 24.2 Å². The van der Waals surface area contributed by atoms with Crippen molar-refractivity contribution in [1.82, 2.24) is 5.16 Å². The molecule has 4 nitrogen and oxygen atoms in total. The molecular formula is C16H18BClFNO3. The second-order valence-electron chi connectivity index (χ2n) is 6.71. The third kappa shape index (κ3) is 2.69. The smallest absolute Gasteiger partial charge is 0.399 e. The molecule has 3 rings (SSSR count). The van der Waals surface area contributed by atoms with Crippen LogP contribution in [0.3, 0.4) is 0 Å². The molecule has 2 heterocycles. The maximum absolute atomic E-state index is 13.3. The summed E-state index contributed by atoms with van der Waals surface area (Å²) in [4.78, 5) is 0. The third-order valence-electron chi connectivity index (χ3n) is 4.58. The van der Waals surface area contributed by atoms with Gasteiger partial charge in [-0.15, -0.1) is 0 Å². The van der Waals surface area contributed by atoms with Gasteiger partial charge >= 0.3 is 7.12 Å². The zero-order chi connectivity index (χ0) is 17.0. The Labute approximate surface area is 140 Å². The lowest BCUT2D eigenvalue weighted by molar-refractivity contribution is 0.00578. The highest BCUT2D eigenvalue weighted by atomic mass is 35.5. The summed E-state index contributed by atoms with van der Waals surface area (Å²) >= 11 is 6.16. The van der Waals surface area contributed by atoms with Gasteiger partial charge in [0.05, 0.1) is 21.7 Å². The van der Waals surface area contributed by atoms with Crippen molar-refractivity contribution in [3.8, 4) is 11.3 Å². The number of rotatable bonds is 2. The van der Waals surface area contributed by atoms with Gasteiger partial charge in [0, 0.05) is 5.56 Å². The Kier molecular flexibility index (Phi) is 3.82. The molecule has 0 unspecified atom stereocenters. The summed E-state index contributed by atoms with van der Waals surface area (Å²) < 4.78 is 30.8. The predicted molar refractivity (Wildman–Crippen MR) is 87.4 cm³/mol. The van der Waals surface area contributed by atoms with Crippen LogP contribution in [0, 0.1) is 12.7 Å². The molecule has 0 aliphatic carbocycles. The van der Waals surface area contributed by atoms with Crippen LogP contribution in [0.25, 0.3) is 11.3 Å². The summed E-state index contributed by atoms with van der Waals surface area (Å²) in [5.41, 5.74) is 0.800. The first-order chi connectivity index (χ1) is 10.6. The normalized spacial score (nSPS) is 19.3. The van der Waals surface area contributed by atoms with Crippen molar-refractivity contribution < 1.29 is 18.2 Å². The van der Waals surface area contributed by atoms with Crippen LogP contribution in [0.1, 0.15) is 33.5 Å². The minimum atomic E-state index is -0.623. The minimum Gasteiger partial charge on any atom is -0.399 e. The van der Waals surface area contributed by atoms with E-state index in [-0.39, 0.29) is 5.02 Å². The van der Waals surface area contributed by atoms with Crippen LogP contribution in [0.2, 0.25) is 5.02 Å². The van der Waals surface area contributed by atoms with Gasteiger partial charge < -0.3 is 13.8 Å². The molecule has 1 aromatic heterocycles. The quantitative estimate of drug-likeness (QED) is 0.783. The van der Waals surface area contributed by atoms with Crippen LogP contribution in [-0.4, -0.2) is 23.5 Å². The number of nitrogens with zero attached hydrogens (tertiary/aromatic N) is 1. The van der Waals surface area contributed by atoms with Crippen LogP contribution < -0.4 is 5.46 Å². The molecule has 0 amide bonds. The van der Waals surface area contributed by atoms with E-state index in [9.17, 15) is 4.39 Å². The topological polar surface area (TPSA) is 44.5 Å². The number of benzene rings is 1. The first-order valence-corrected chi connectivity index (χ1v) is 7.77. The van der Waals surface area contributed by atoms with Gasteiger partial charge in [0.25, 0.3) is 0 Å². The molecule has 0 atom stereocenters. The van der Waals surface area contributed by atoms with E-state index in [2.05, 4.69) is 5.16 Å². The van der Waals surface area contributed by atoms with Crippen molar-refractivity contribution in [2.24, 2.45) is 0 Å². The fourth-order valence-corrected chi connectivity index (χ4v) is 2.75. The van der Waals surface area contributed by atoms with Gasteiger partial charge in [-0.05, 0) is 52.8 Å². The molecule has 122 valence electrons. The highest BCUT2D eigenvalue weighted by Gasteiger charge is 2.53. The van der Waals surface area contributed by atoms with E-state index in [1.807, 2.05) is 27.7 Å². The average Bonchev–Trinajstić information content (AvgIpc) is 2.87. The highest BCUT2D eigenvalue weighted by Crippen LogP contribution is 2.38. The van der Waals surface area contributed by atoms with Gasteiger partial charge in [-0.3, -0.25) is 0 Å². The van der Waals surface area contributed by atoms with Gasteiger partial charge in [-0.1, -0.05) is 16.8 Å². The molecule has 0 bridgehead atoms. The standard InChI is InChI=1S/C16H18BClFNO3/c1-9-13(17-22-15(2,3)16(4,5)23-17)14(20-21-9)11-7-6-10(19)8-12(11)18/h6-8H,1-5H3. The SMILES string of the molecule is Cc1onc(-c2ccc(F)cc2Cl)c1B1OC(C)(C)C(C)(C)O1. The second-order valence-corrected chi connectivity index (χ2v) is 7.12. The molecule has 1 aliphatic heterocycles. The van der Waals surface area contributed by atoms with Crippen LogP contribution in [-0.2, 0) is 9.31 Å². The molecule has 1 aliphatic rings. The lowest BCUT2D eigenvalue weighted by Gasteiger charge is -2.32. The van der Waals surface area contributed by atoms with Crippen LogP contribution in [0.4, 0.5) is 4.39 Å². The molecule has 1 saturated heterocycles. The van der Waals surface area contributed by atoms with E-state index < -0.39 is 24.1 Å². The Bertz CT molecular complexity index is 744. The molecule has 0 saturated carbocycles. The van der Waals surface area contributed by atoms with Gasteiger partial charge in [-0.25, -0.2) is 4.39 Å². The Morgan fingerprint density at radius 3 is 2.30 bits per heavy atom. The largest absolute Gasteiger partial charge is 0.500 e. The Balaban J connectivity index is 2.07. The Morgan fingerprint density at radius 2 is 1.74 bits per heavy atom. The number of aryl methyl sites for hydroxylation is 1. The molecule has 2 aromatic rings. The van der Waals surface area contributed by atoms with E-state index in [0.717, 1.165) is 0 Å². The molecule has 0 N–H and O–H groups in total. The van der Waals surface area contributed by atoms with E-state index in [4.69, 9.17) is 25.4 Å². The molecule has 1 fully saturated rings. The fraction of sp³-hybridized carbons (Fsp3) is 0.438. The monoisotopic (exact) mass is 337 g/mol. The van der Waals surface area contributed by atoms with Gasteiger partial charge in [0.1, 0.15) is 17.3 Å². The van der Waals surface area contributed by atoms with E-state index in [0.29, 0.717) is 22.5 Å². The van der Waals surface area contributed by atoms with E-state index in [1.165, 1.54) is 12.1 Å². The van der Waals surface area contributed by atoms with Crippen LogP contribution in [0.5, 0.6) is 0 Å². The molecule has 23 heavy (non-hydrogen) atoms. The Hall–Kier alpha value is -1.37. The summed E-state index contributed by atoms with van der Waals surface area (Å²) in [5, 5.41) is 4.33. The summed E-state index contributed by atoms with van der Waals surface area (Å²) in [6, 6.07) is 4.15. The second kappa shape index (κ2) is 5.33. The van der Waals surface area contributed by atoms with Crippen molar-refractivity contribution in [3.05, 3.63) is 34.8 Å². The first kappa shape index (κ1) is 16.5. The van der Waals surface area contributed by atoms with Crippen molar-refractivity contribution in [2.45, 2.75) is 45.8 Å². The van der Waals surface area contributed by atoms with Crippen molar-refractivity contribution in [3.63, 3.8) is 0 Å². The molecular weight excluding hydrogens is 319 g/mol. The maximum atomic E-state index is 13.3. The summed E-state index contributed by atoms with van der Waals surface area (Å²) in [6.07, 6.45) is 0. The third-order valence-corrected chi connectivity index (χ3v) is 4.90. The molecule has 0 radical (unpaired) electrons. The lowest BCUT2D eigenvalue weighted by Crippen LogP contribution is -2.41. The van der Waals surface area contributed by atoms with Gasteiger partial charge in [0.15, 0.2) is 0 Å². The summed E-state index contributed by atoms with van der Waals surface area (Å²) in [7, 11) is -0.623. The van der Waals surface area contributed by atoms with Crippen molar-refractivity contribution in [2.75, 3.05) is 0 Å². The van der Waals surface area contributed by atoms with E-state index in [1.54, 1.807) is 13.0 Å². The fourth-order valence-electron chi connectivity index (χ4n) is 2.49. The van der Waals surface area contributed by atoms with Gasteiger partial charge in [0.2, 0.25) is 0 Å². The lowest BCUT2D eigenvalue weighted by atomic mass is 9.76. The number of aromatic nitrogens is 1. The zero-order valence-electron chi connectivity index (χ0n) is 13.7. The molecule has 1 aromatic carbocycles. The average molecular weight is 338 g/mol. The van der Waals surface area contributed by atoms with Gasteiger partial charge in [-0.2, -0.15) is 0 Å². The van der Waals surface area contributed by atoms with E-state index >= 15 is 0 Å². The van der Waals surface area contributed by atoms with Crippen LogP contribution in [0.15, 0.2) is 22.7 Å². The highest BCUT2D eigenvalue weighted by molar-refractivity contribution is 6.64. The Morgan fingerprint density at radius 1 is 1.13 bits per heavy atom. The zero-order valence-corrected chi connectivity index (χ0v) is 14.5. The number of halogens is 2. The first-order valence-electron chi connectivity index (χ1n) is 7.39. The minimum absolute atomic E-state index is 0.260. The predicted octanol–water partition coefficient (Wildman–Crippen LogP) is 3.74. The maximum Gasteiger partial charge on any atom is 0.500 e. The van der Waals surface area contributed by atoms with Crippen LogP contribution >= 0.6 is 11.6 Å². The number of hydrogen-bond donors (Lipinski definition) is 0. The van der Waals surface area contributed by atoms with Crippen molar-refractivity contribution in [1.29, 1.82) is 0 Å². The molecule has 0 spiro atoms. The number of hydrogen-bond acceptors (Lipinski definition) is 4. The summed E-state index contributed by atoms with van der Waals surface area (Å²) in [5.74, 6) is 0.176.